The van der Waals surface area contributed by atoms with E-state index in [1.807, 2.05) is 0 Å². The Balaban J connectivity index is 2.03. The molecule has 2 rings (SSSR count). The predicted molar refractivity (Wildman–Crippen MR) is 64.2 cm³/mol. The van der Waals surface area contributed by atoms with E-state index in [0.717, 1.165) is 25.2 Å². The minimum Gasteiger partial charge on any atom is -0.378 e. The van der Waals surface area contributed by atoms with Gasteiger partial charge in [0.05, 0.1) is 12.1 Å². The number of ether oxygens (including phenoxy) is 1. The molecule has 1 aliphatic carbocycles. The summed E-state index contributed by atoms with van der Waals surface area (Å²) in [5, 5.41) is 3.29. The highest BCUT2D eigenvalue weighted by atomic mass is 16.5. The van der Waals surface area contributed by atoms with Gasteiger partial charge >= 0.3 is 0 Å². The zero-order chi connectivity index (χ0) is 11.8. The second-order valence-corrected chi connectivity index (χ2v) is 6.41. The third kappa shape index (κ3) is 2.29. The molecule has 0 aromatic rings. The van der Waals surface area contributed by atoms with Gasteiger partial charge in [-0.25, -0.2) is 0 Å². The number of fused-ring (bicyclic) bond motifs is 1. The summed E-state index contributed by atoms with van der Waals surface area (Å²) < 4.78 is 5.84. The average molecular weight is 225 g/mol. The minimum atomic E-state index is 0.0136. The monoisotopic (exact) mass is 225 g/mol. The Kier molecular flexibility index (Phi) is 3.34. The fourth-order valence-electron chi connectivity index (χ4n) is 3.26. The van der Waals surface area contributed by atoms with Crippen LogP contribution in [0.4, 0.5) is 0 Å². The van der Waals surface area contributed by atoms with Gasteiger partial charge in [-0.2, -0.15) is 4.91 Å². The van der Waals surface area contributed by atoms with E-state index in [-0.39, 0.29) is 12.1 Å². The van der Waals surface area contributed by atoms with Crippen LogP contribution >= 0.6 is 0 Å². The van der Waals surface area contributed by atoms with E-state index >= 15 is 0 Å². The summed E-state index contributed by atoms with van der Waals surface area (Å²) in [5.41, 5.74) is 0.357. The molecule has 2 aliphatic rings. The second-order valence-electron chi connectivity index (χ2n) is 6.41. The van der Waals surface area contributed by atoms with Crippen LogP contribution in [0.25, 0.3) is 0 Å². The number of hydrogen-bond donors (Lipinski definition) is 0. The molecule has 0 amide bonds. The Hall–Kier alpha value is -0.440. The summed E-state index contributed by atoms with van der Waals surface area (Å²) in [6.07, 6.45) is 4.56. The highest BCUT2D eigenvalue weighted by Crippen LogP contribution is 2.44. The summed E-state index contributed by atoms with van der Waals surface area (Å²) >= 11 is 0. The van der Waals surface area contributed by atoms with Crippen molar-refractivity contribution in [3.63, 3.8) is 0 Å². The number of nitrogens with zero attached hydrogens (tertiary/aromatic N) is 1. The van der Waals surface area contributed by atoms with Crippen molar-refractivity contribution in [1.82, 2.24) is 0 Å². The van der Waals surface area contributed by atoms with Crippen LogP contribution in [0.5, 0.6) is 0 Å². The van der Waals surface area contributed by atoms with Crippen molar-refractivity contribution >= 4 is 0 Å². The average Bonchev–Trinajstić information content (AvgIpc) is 2.26. The molecule has 4 atom stereocenters. The first-order valence-electron chi connectivity index (χ1n) is 6.46. The lowest BCUT2D eigenvalue weighted by atomic mass is 9.66. The van der Waals surface area contributed by atoms with Crippen LogP contribution in [0, 0.1) is 22.2 Å². The van der Waals surface area contributed by atoms with Crippen LogP contribution in [0.15, 0.2) is 5.18 Å². The van der Waals surface area contributed by atoms with Gasteiger partial charge in [-0.1, -0.05) is 25.9 Å². The Bertz CT molecular complexity index is 259. The van der Waals surface area contributed by atoms with Crippen LogP contribution in [-0.2, 0) is 4.74 Å². The van der Waals surface area contributed by atoms with Crippen molar-refractivity contribution < 1.29 is 4.74 Å². The maximum Gasteiger partial charge on any atom is 0.0994 e. The van der Waals surface area contributed by atoms with E-state index in [4.69, 9.17) is 4.74 Å². The van der Waals surface area contributed by atoms with E-state index in [2.05, 4.69) is 25.9 Å². The zero-order valence-corrected chi connectivity index (χ0v) is 10.6. The van der Waals surface area contributed by atoms with Crippen molar-refractivity contribution in [2.45, 2.75) is 58.6 Å². The van der Waals surface area contributed by atoms with E-state index in [9.17, 15) is 4.91 Å². The maximum absolute atomic E-state index is 10.8. The molecular weight excluding hydrogens is 202 g/mol. The standard InChI is InChI=1S/C13H23NO2/c1-13(2,3)9-4-5-10-11(14-15)6-7-16-12(10)8-9/h9-12H,4-8H2,1-3H3. The van der Waals surface area contributed by atoms with Gasteiger partial charge in [0.25, 0.3) is 0 Å². The molecule has 3 nitrogen and oxygen atoms in total. The fraction of sp³-hybridized carbons (Fsp3) is 1.00. The highest BCUT2D eigenvalue weighted by molar-refractivity contribution is 4.93. The molecule has 0 aromatic carbocycles. The van der Waals surface area contributed by atoms with Crippen molar-refractivity contribution in [2.75, 3.05) is 6.61 Å². The first-order valence-corrected chi connectivity index (χ1v) is 6.46. The van der Waals surface area contributed by atoms with Crippen molar-refractivity contribution in [3.05, 3.63) is 4.91 Å². The molecule has 0 radical (unpaired) electrons. The molecule has 0 bridgehead atoms. The summed E-state index contributed by atoms with van der Waals surface area (Å²) in [7, 11) is 0. The number of rotatable bonds is 1. The summed E-state index contributed by atoms with van der Waals surface area (Å²) in [6, 6.07) is 0.0136. The quantitative estimate of drug-likeness (QED) is 0.642. The normalized spacial score (nSPS) is 40.2. The molecule has 1 heterocycles. The smallest absolute Gasteiger partial charge is 0.0994 e. The largest absolute Gasteiger partial charge is 0.378 e. The third-order valence-electron chi connectivity index (χ3n) is 4.44. The Labute approximate surface area is 97.9 Å². The Morgan fingerprint density at radius 1 is 1.19 bits per heavy atom. The van der Waals surface area contributed by atoms with Crippen molar-refractivity contribution in [3.8, 4) is 0 Å². The lowest BCUT2D eigenvalue weighted by Crippen LogP contribution is -2.45. The predicted octanol–water partition coefficient (Wildman–Crippen LogP) is 3.37. The number of nitroso groups, excluding NO2 is 1. The highest BCUT2D eigenvalue weighted by Gasteiger charge is 2.42. The topological polar surface area (TPSA) is 38.7 Å². The molecule has 1 saturated heterocycles. The van der Waals surface area contributed by atoms with Crippen molar-refractivity contribution in [2.24, 2.45) is 22.4 Å². The third-order valence-corrected chi connectivity index (χ3v) is 4.44. The van der Waals surface area contributed by atoms with Gasteiger partial charge in [0, 0.05) is 12.5 Å². The minimum absolute atomic E-state index is 0.0136. The van der Waals surface area contributed by atoms with Crippen LogP contribution in [0.2, 0.25) is 0 Å². The first-order chi connectivity index (χ1) is 7.52. The molecule has 3 heteroatoms. The summed E-state index contributed by atoms with van der Waals surface area (Å²) in [6.45, 7) is 7.62. The van der Waals surface area contributed by atoms with Gasteiger partial charge in [-0.15, -0.1) is 0 Å². The van der Waals surface area contributed by atoms with Gasteiger partial charge in [0.15, 0.2) is 0 Å². The Morgan fingerprint density at radius 2 is 1.94 bits per heavy atom. The van der Waals surface area contributed by atoms with Gasteiger partial charge in [-0.3, -0.25) is 0 Å². The molecular formula is C13H23NO2. The van der Waals surface area contributed by atoms with Gasteiger partial charge < -0.3 is 4.74 Å². The maximum atomic E-state index is 10.8. The molecule has 92 valence electrons. The number of hydrogen-bond acceptors (Lipinski definition) is 3. The van der Waals surface area contributed by atoms with Crippen LogP contribution < -0.4 is 0 Å². The lowest BCUT2D eigenvalue weighted by Gasteiger charge is -2.45. The molecule has 1 saturated carbocycles. The molecule has 16 heavy (non-hydrogen) atoms. The van der Waals surface area contributed by atoms with Crippen LogP contribution in [0.3, 0.4) is 0 Å². The second kappa shape index (κ2) is 4.44. The van der Waals surface area contributed by atoms with Gasteiger partial charge in [0.1, 0.15) is 0 Å². The van der Waals surface area contributed by atoms with Gasteiger partial charge in [0.2, 0.25) is 0 Å². The zero-order valence-electron chi connectivity index (χ0n) is 10.6. The molecule has 1 aliphatic heterocycles. The van der Waals surface area contributed by atoms with E-state index in [0.29, 0.717) is 17.9 Å². The molecule has 0 spiro atoms. The molecule has 2 fully saturated rings. The van der Waals surface area contributed by atoms with Gasteiger partial charge in [-0.05, 0) is 37.0 Å². The van der Waals surface area contributed by atoms with Crippen LogP contribution in [0.1, 0.15) is 46.5 Å². The molecule has 4 unspecified atom stereocenters. The SMILES string of the molecule is CC(C)(C)C1CCC2C(N=O)CCOC2C1. The lowest BCUT2D eigenvalue weighted by molar-refractivity contribution is -0.0815. The molecule has 0 N–H and O–H groups in total. The summed E-state index contributed by atoms with van der Waals surface area (Å²) in [4.78, 5) is 10.8. The van der Waals surface area contributed by atoms with E-state index in [1.54, 1.807) is 0 Å². The first kappa shape index (κ1) is 12.0. The van der Waals surface area contributed by atoms with Crippen LogP contribution in [-0.4, -0.2) is 18.8 Å². The van der Waals surface area contributed by atoms with E-state index < -0.39 is 0 Å². The fourth-order valence-corrected chi connectivity index (χ4v) is 3.26. The summed E-state index contributed by atoms with van der Waals surface area (Å²) in [5.74, 6) is 1.11. The Morgan fingerprint density at radius 3 is 2.56 bits per heavy atom. The van der Waals surface area contributed by atoms with E-state index in [1.165, 1.54) is 6.42 Å². The molecule has 0 aromatic heterocycles. The van der Waals surface area contributed by atoms with Crippen molar-refractivity contribution in [1.29, 1.82) is 0 Å².